The van der Waals surface area contributed by atoms with Gasteiger partial charge in [0.25, 0.3) is 11.8 Å². The van der Waals surface area contributed by atoms with Crippen LogP contribution in [0.2, 0.25) is 0 Å². The lowest BCUT2D eigenvalue weighted by molar-refractivity contribution is -0.116. The molecule has 51 heavy (non-hydrogen) atoms. The maximum Gasteiger partial charge on any atom is 0.272 e. The highest BCUT2D eigenvalue weighted by Crippen LogP contribution is 2.44. The van der Waals surface area contributed by atoms with Gasteiger partial charge in [0, 0.05) is 32.7 Å². The Balaban J connectivity index is 1.32. The Morgan fingerprint density at radius 2 is 1.84 bits per heavy atom. The number of fused-ring (bicyclic) bond motifs is 1. The van der Waals surface area contributed by atoms with Crippen molar-refractivity contribution in [3.05, 3.63) is 106 Å². The van der Waals surface area contributed by atoms with E-state index in [9.17, 15) is 24.8 Å². The Morgan fingerprint density at radius 1 is 1.08 bits per heavy atom. The van der Waals surface area contributed by atoms with Crippen LogP contribution in [0.1, 0.15) is 72.5 Å². The monoisotopic (exact) mass is 722 g/mol. The number of methoxy groups -OCH3 is 1. The second-order valence-corrected chi connectivity index (χ2v) is 15.8. The highest BCUT2D eigenvalue weighted by Gasteiger charge is 2.33. The number of hydrogen-bond acceptors (Lipinski definition) is 8. The van der Waals surface area contributed by atoms with E-state index in [0.717, 1.165) is 29.7 Å². The van der Waals surface area contributed by atoms with E-state index in [1.54, 1.807) is 54.6 Å². The molecule has 2 unspecified atom stereocenters. The number of thioether (sulfide) groups is 1. The van der Waals surface area contributed by atoms with Crippen molar-refractivity contribution in [3.8, 4) is 17.6 Å². The number of carbonyl (C=O) groups excluding carboxylic acids is 3. The Labute approximate surface area is 307 Å². The van der Waals surface area contributed by atoms with Gasteiger partial charge in [-0.2, -0.15) is 5.26 Å². The second-order valence-electron chi connectivity index (χ2n) is 13.4. The van der Waals surface area contributed by atoms with Crippen molar-refractivity contribution in [1.82, 2.24) is 5.32 Å². The Morgan fingerprint density at radius 3 is 2.53 bits per heavy atom. The molecule has 0 radical (unpaired) electrons. The number of ether oxygens (including phenoxy) is 1. The Hall–Kier alpha value is -5.05. The minimum atomic E-state index is -0.583. The molecule has 0 saturated heterocycles. The fourth-order valence-electron chi connectivity index (χ4n) is 5.97. The zero-order chi connectivity index (χ0) is 36.7. The van der Waals surface area contributed by atoms with Crippen molar-refractivity contribution >= 4 is 57.6 Å². The SMILES string of the molecule is CCC(Sc1cccc(NC(=O)/C(=C\c2ccc(O)cc2OC)NC(=O)c2ccccc2)c1)C(=O)Nc1sc2c(c1C#N)CCC(C(C)(C)C)C2. The van der Waals surface area contributed by atoms with Gasteiger partial charge in [0.2, 0.25) is 5.91 Å². The average Bonchev–Trinajstić information content (AvgIpc) is 3.47. The lowest BCUT2D eigenvalue weighted by atomic mass is 9.72. The summed E-state index contributed by atoms with van der Waals surface area (Å²) in [5.74, 6) is -0.415. The van der Waals surface area contributed by atoms with Crippen LogP contribution in [-0.4, -0.2) is 35.2 Å². The summed E-state index contributed by atoms with van der Waals surface area (Å²) in [6, 6.07) is 22.5. The average molecular weight is 723 g/mol. The number of hydrogen-bond donors (Lipinski definition) is 4. The standard InChI is InChI=1S/C40H42N4O5S2/c1-6-34(38(48)44-39-31(23-41)30-18-16-26(40(2,3)4)20-35(30)51-39)50-29-14-10-13-27(21-29)42-37(47)32(43-36(46)24-11-8-7-9-12-24)19-25-15-17-28(45)22-33(25)49-5/h7-15,17,19,21-22,26,34,45H,6,16,18,20H2,1-5H3,(H,42,47)(H,43,46)(H,44,48)/b32-19+. The van der Waals surface area contributed by atoms with Crippen molar-refractivity contribution in [2.45, 2.75) is 63.5 Å². The lowest BCUT2D eigenvalue weighted by Crippen LogP contribution is -2.30. The maximum atomic E-state index is 13.7. The summed E-state index contributed by atoms with van der Waals surface area (Å²) in [5, 5.41) is 28.7. The lowest BCUT2D eigenvalue weighted by Gasteiger charge is -2.33. The molecule has 0 bridgehead atoms. The van der Waals surface area contributed by atoms with Gasteiger partial charge in [-0.3, -0.25) is 14.4 Å². The molecule has 0 saturated carbocycles. The predicted molar refractivity (Wildman–Crippen MR) is 204 cm³/mol. The Bertz CT molecular complexity index is 1990. The van der Waals surface area contributed by atoms with Crippen LogP contribution in [0.4, 0.5) is 10.7 Å². The van der Waals surface area contributed by atoms with E-state index >= 15 is 0 Å². The van der Waals surface area contributed by atoms with Crippen molar-refractivity contribution < 1.29 is 24.2 Å². The smallest absolute Gasteiger partial charge is 0.272 e. The molecule has 9 nitrogen and oxygen atoms in total. The van der Waals surface area contributed by atoms with E-state index in [0.29, 0.717) is 45.5 Å². The first-order valence-corrected chi connectivity index (χ1v) is 18.5. The molecule has 2 atom stereocenters. The highest BCUT2D eigenvalue weighted by molar-refractivity contribution is 8.00. The zero-order valence-corrected chi connectivity index (χ0v) is 31.0. The van der Waals surface area contributed by atoms with Gasteiger partial charge in [-0.25, -0.2) is 0 Å². The van der Waals surface area contributed by atoms with Gasteiger partial charge in [-0.05, 0) is 91.1 Å². The van der Waals surface area contributed by atoms with Crippen LogP contribution in [0, 0.1) is 22.7 Å². The summed E-state index contributed by atoms with van der Waals surface area (Å²) in [4.78, 5) is 42.3. The van der Waals surface area contributed by atoms with E-state index in [1.807, 2.05) is 13.0 Å². The number of nitrogens with zero attached hydrogens (tertiary/aromatic N) is 1. The first-order chi connectivity index (χ1) is 24.4. The van der Waals surface area contributed by atoms with E-state index < -0.39 is 17.1 Å². The molecule has 1 aromatic heterocycles. The summed E-state index contributed by atoms with van der Waals surface area (Å²) in [5.41, 5.74) is 3.07. The number of benzene rings is 3. The molecular weight excluding hydrogens is 681 g/mol. The van der Waals surface area contributed by atoms with Gasteiger partial charge in [0.05, 0.1) is 17.9 Å². The summed E-state index contributed by atoms with van der Waals surface area (Å²) in [7, 11) is 1.44. The summed E-state index contributed by atoms with van der Waals surface area (Å²) >= 11 is 2.89. The highest BCUT2D eigenvalue weighted by atomic mass is 32.2. The molecule has 264 valence electrons. The van der Waals surface area contributed by atoms with E-state index in [1.165, 1.54) is 53.3 Å². The van der Waals surface area contributed by atoms with Crippen LogP contribution in [0.15, 0.2) is 83.4 Å². The molecule has 4 N–H and O–H groups in total. The van der Waals surface area contributed by atoms with Gasteiger partial charge in [-0.1, -0.05) is 52.0 Å². The number of rotatable bonds is 11. The quantitative estimate of drug-likeness (QED) is 0.0900. The number of nitriles is 1. The van der Waals surface area contributed by atoms with Crippen LogP contribution in [0.5, 0.6) is 11.5 Å². The van der Waals surface area contributed by atoms with Gasteiger partial charge in [-0.15, -0.1) is 23.1 Å². The number of phenolic OH excluding ortho intramolecular Hbond substituents is 1. The predicted octanol–water partition coefficient (Wildman–Crippen LogP) is 8.40. The number of carbonyl (C=O) groups is 3. The molecule has 0 aliphatic heterocycles. The minimum Gasteiger partial charge on any atom is -0.508 e. The van der Waals surface area contributed by atoms with E-state index in [-0.39, 0.29) is 22.8 Å². The molecule has 0 fully saturated rings. The molecule has 5 rings (SSSR count). The molecule has 1 aliphatic carbocycles. The first-order valence-electron chi connectivity index (χ1n) is 16.8. The fraction of sp³-hybridized carbons (Fsp3) is 0.300. The number of aromatic hydroxyl groups is 1. The van der Waals surface area contributed by atoms with Crippen molar-refractivity contribution in [3.63, 3.8) is 0 Å². The Kier molecular flexibility index (Phi) is 11.9. The maximum absolute atomic E-state index is 13.7. The van der Waals surface area contributed by atoms with E-state index in [4.69, 9.17) is 4.74 Å². The second kappa shape index (κ2) is 16.3. The van der Waals surface area contributed by atoms with Crippen LogP contribution in [0.3, 0.4) is 0 Å². The molecule has 1 aliphatic rings. The van der Waals surface area contributed by atoms with Gasteiger partial charge in [0.15, 0.2) is 0 Å². The topological polar surface area (TPSA) is 141 Å². The fourth-order valence-corrected chi connectivity index (χ4v) is 8.27. The van der Waals surface area contributed by atoms with Gasteiger partial charge in [0.1, 0.15) is 28.3 Å². The molecule has 4 aromatic rings. The molecule has 3 aromatic carbocycles. The number of anilines is 2. The summed E-state index contributed by atoms with van der Waals surface area (Å²) in [6.45, 7) is 8.69. The molecule has 11 heteroatoms. The molecule has 0 spiro atoms. The number of nitrogens with one attached hydrogen (secondary N) is 3. The van der Waals surface area contributed by atoms with Crippen molar-refractivity contribution in [2.75, 3.05) is 17.7 Å². The minimum absolute atomic E-state index is 0.00838. The van der Waals surface area contributed by atoms with Crippen molar-refractivity contribution in [1.29, 1.82) is 5.26 Å². The largest absolute Gasteiger partial charge is 0.508 e. The van der Waals surface area contributed by atoms with Crippen LogP contribution < -0.4 is 20.7 Å². The van der Waals surface area contributed by atoms with Crippen LogP contribution in [-0.2, 0) is 22.4 Å². The first kappa shape index (κ1) is 37.2. The van der Waals surface area contributed by atoms with Crippen LogP contribution in [0.25, 0.3) is 6.08 Å². The van der Waals surface area contributed by atoms with E-state index in [2.05, 4.69) is 42.8 Å². The third kappa shape index (κ3) is 9.20. The van der Waals surface area contributed by atoms with Crippen LogP contribution >= 0.6 is 23.1 Å². The summed E-state index contributed by atoms with van der Waals surface area (Å²) < 4.78 is 5.39. The van der Waals surface area contributed by atoms with Crippen molar-refractivity contribution in [2.24, 2.45) is 11.3 Å². The molecular formula is C40H42N4O5S2. The summed E-state index contributed by atoms with van der Waals surface area (Å²) in [6.07, 6.45) is 4.79. The number of thiophene rings is 1. The number of amides is 3. The molecule has 3 amide bonds. The molecule has 1 heterocycles. The van der Waals surface area contributed by atoms with Gasteiger partial charge >= 0.3 is 0 Å². The normalized spacial score (nSPS) is 14.8. The zero-order valence-electron chi connectivity index (χ0n) is 29.3. The third-order valence-electron chi connectivity index (χ3n) is 8.92. The number of phenols is 1. The van der Waals surface area contributed by atoms with Gasteiger partial charge < -0.3 is 25.8 Å². The third-order valence-corrected chi connectivity index (χ3v) is 11.4.